The molecule has 0 aromatic rings. The van der Waals surface area contributed by atoms with Gasteiger partial charge in [0.25, 0.3) is 0 Å². The zero-order valence-electron chi connectivity index (χ0n) is 13.5. The Morgan fingerprint density at radius 3 is 2.40 bits per heavy atom. The molecular formula is C15H29NO4. The molecule has 0 spiro atoms. The second-order valence-electron chi connectivity index (χ2n) is 6.81. The van der Waals surface area contributed by atoms with Crippen LogP contribution < -0.4 is 5.32 Å². The molecule has 0 aliphatic carbocycles. The Balaban J connectivity index is 2.02. The lowest BCUT2D eigenvalue weighted by Crippen LogP contribution is -2.39. The van der Waals surface area contributed by atoms with Gasteiger partial charge in [-0.05, 0) is 47.5 Å². The number of alkyl carbamates (subject to hydrolysis) is 1. The van der Waals surface area contributed by atoms with Gasteiger partial charge < -0.3 is 19.5 Å². The molecule has 1 aliphatic rings. The molecule has 0 aromatic heterocycles. The first kappa shape index (κ1) is 17.2. The third kappa shape index (κ3) is 7.70. The van der Waals surface area contributed by atoms with Gasteiger partial charge in [0, 0.05) is 12.5 Å². The Morgan fingerprint density at radius 2 is 1.85 bits per heavy atom. The van der Waals surface area contributed by atoms with Crippen molar-refractivity contribution in [2.45, 2.75) is 65.3 Å². The van der Waals surface area contributed by atoms with Crippen LogP contribution in [0.2, 0.25) is 0 Å². The van der Waals surface area contributed by atoms with Crippen molar-refractivity contribution in [2.24, 2.45) is 5.92 Å². The quantitative estimate of drug-likeness (QED) is 0.789. The van der Waals surface area contributed by atoms with Crippen molar-refractivity contribution < 1.29 is 19.0 Å². The lowest BCUT2D eigenvalue weighted by molar-refractivity contribution is -0.262. The van der Waals surface area contributed by atoms with E-state index in [0.29, 0.717) is 12.5 Å². The number of rotatable bonds is 5. The van der Waals surface area contributed by atoms with E-state index < -0.39 is 11.4 Å². The average molecular weight is 287 g/mol. The van der Waals surface area contributed by atoms with Crippen LogP contribution >= 0.6 is 0 Å². The molecule has 0 saturated carbocycles. The molecule has 0 unspecified atom stereocenters. The molecule has 1 heterocycles. The maximum Gasteiger partial charge on any atom is 0.407 e. The molecule has 0 atom stereocenters. The van der Waals surface area contributed by atoms with Crippen molar-refractivity contribution in [3.8, 4) is 0 Å². The minimum absolute atomic E-state index is 0.344. The van der Waals surface area contributed by atoms with Crippen LogP contribution in [0.3, 0.4) is 0 Å². The molecule has 5 heteroatoms. The fourth-order valence-corrected chi connectivity index (χ4v) is 1.96. The molecule has 1 rings (SSSR count). The van der Waals surface area contributed by atoms with Crippen molar-refractivity contribution in [3.05, 3.63) is 0 Å². The number of nitrogens with one attached hydrogen (secondary N) is 1. The van der Waals surface area contributed by atoms with E-state index in [1.54, 1.807) is 0 Å². The molecule has 1 aliphatic heterocycles. The highest BCUT2D eigenvalue weighted by Crippen LogP contribution is 2.23. The van der Waals surface area contributed by atoms with Crippen LogP contribution in [0.15, 0.2) is 0 Å². The summed E-state index contributed by atoms with van der Waals surface area (Å²) in [7, 11) is 0. The van der Waals surface area contributed by atoms with Crippen LogP contribution in [0, 0.1) is 5.92 Å². The minimum Gasteiger partial charge on any atom is -0.444 e. The van der Waals surface area contributed by atoms with Gasteiger partial charge in [-0.2, -0.15) is 0 Å². The zero-order chi connectivity index (χ0) is 15.2. The molecule has 5 nitrogen and oxygen atoms in total. The minimum atomic E-state index is -0.437. The standard InChI is InChI=1S/C15H29NO4/c1-14(2,3)20-13(17)16-9-7-6-8-12-10-18-15(4,5)19-11-12/h12H,6-11H2,1-5H3,(H,16,17). The molecule has 1 N–H and O–H groups in total. The monoisotopic (exact) mass is 287 g/mol. The predicted octanol–water partition coefficient (Wildman–Crippen LogP) is 3.08. The van der Waals surface area contributed by atoms with Gasteiger partial charge in [0.1, 0.15) is 5.60 Å². The number of ether oxygens (including phenoxy) is 3. The van der Waals surface area contributed by atoms with Crippen molar-refractivity contribution in [1.29, 1.82) is 0 Å². The Labute approximate surface area is 122 Å². The first-order chi connectivity index (χ1) is 9.18. The van der Waals surface area contributed by atoms with E-state index >= 15 is 0 Å². The van der Waals surface area contributed by atoms with Gasteiger partial charge in [-0.15, -0.1) is 0 Å². The summed E-state index contributed by atoms with van der Waals surface area (Å²) in [4.78, 5) is 11.4. The van der Waals surface area contributed by atoms with Crippen molar-refractivity contribution in [2.75, 3.05) is 19.8 Å². The maximum absolute atomic E-state index is 11.4. The summed E-state index contributed by atoms with van der Waals surface area (Å²) < 4.78 is 16.4. The molecule has 0 aromatic carbocycles. The molecule has 118 valence electrons. The maximum atomic E-state index is 11.4. The van der Waals surface area contributed by atoms with E-state index in [9.17, 15) is 4.79 Å². The van der Waals surface area contributed by atoms with E-state index in [-0.39, 0.29) is 6.09 Å². The van der Waals surface area contributed by atoms with Crippen LogP contribution in [0.5, 0.6) is 0 Å². The summed E-state index contributed by atoms with van der Waals surface area (Å²) in [5.41, 5.74) is -0.437. The van der Waals surface area contributed by atoms with Gasteiger partial charge in [-0.1, -0.05) is 6.42 Å². The summed E-state index contributed by atoms with van der Waals surface area (Å²) in [5.74, 6) is 0.0268. The van der Waals surface area contributed by atoms with Gasteiger partial charge in [0.2, 0.25) is 0 Å². The number of hydrogen-bond acceptors (Lipinski definition) is 4. The third-order valence-electron chi connectivity index (χ3n) is 3.04. The van der Waals surface area contributed by atoms with Gasteiger partial charge in [-0.3, -0.25) is 0 Å². The van der Waals surface area contributed by atoms with Crippen molar-refractivity contribution >= 4 is 6.09 Å². The first-order valence-electron chi connectivity index (χ1n) is 7.43. The number of carbonyl (C=O) groups excluding carboxylic acids is 1. The molecule has 1 fully saturated rings. The Morgan fingerprint density at radius 1 is 1.25 bits per heavy atom. The fraction of sp³-hybridized carbons (Fsp3) is 0.933. The smallest absolute Gasteiger partial charge is 0.407 e. The molecule has 0 radical (unpaired) electrons. The predicted molar refractivity (Wildman–Crippen MR) is 77.6 cm³/mol. The fourth-order valence-electron chi connectivity index (χ4n) is 1.96. The van der Waals surface area contributed by atoms with E-state index in [0.717, 1.165) is 32.5 Å². The topological polar surface area (TPSA) is 56.8 Å². The van der Waals surface area contributed by atoms with Crippen molar-refractivity contribution in [1.82, 2.24) is 5.32 Å². The number of carbonyl (C=O) groups is 1. The van der Waals surface area contributed by atoms with Crippen LogP contribution in [-0.4, -0.2) is 37.2 Å². The van der Waals surface area contributed by atoms with Crippen LogP contribution in [0.1, 0.15) is 53.9 Å². The molecule has 0 bridgehead atoms. The molecular weight excluding hydrogens is 258 g/mol. The average Bonchev–Trinajstić information content (AvgIpc) is 2.28. The summed E-state index contributed by atoms with van der Waals surface area (Å²) in [6, 6.07) is 0. The van der Waals surface area contributed by atoms with Gasteiger partial charge in [0.15, 0.2) is 5.79 Å². The van der Waals surface area contributed by atoms with Crippen LogP contribution in [0.4, 0.5) is 4.79 Å². The number of amides is 1. The summed E-state index contributed by atoms with van der Waals surface area (Å²) in [6.07, 6.45) is 2.71. The summed E-state index contributed by atoms with van der Waals surface area (Å²) in [6.45, 7) is 11.6. The van der Waals surface area contributed by atoms with E-state index in [1.165, 1.54) is 0 Å². The lowest BCUT2D eigenvalue weighted by atomic mass is 10.0. The Bertz CT molecular complexity index is 299. The summed E-state index contributed by atoms with van der Waals surface area (Å²) in [5, 5.41) is 2.77. The highest BCUT2D eigenvalue weighted by molar-refractivity contribution is 5.67. The Hall–Kier alpha value is -0.810. The van der Waals surface area contributed by atoms with Crippen molar-refractivity contribution in [3.63, 3.8) is 0 Å². The second-order valence-corrected chi connectivity index (χ2v) is 6.81. The Kier molecular flexibility index (Phi) is 6.27. The number of unbranched alkanes of at least 4 members (excludes halogenated alkanes) is 1. The normalized spacial score (nSPS) is 19.6. The first-order valence-corrected chi connectivity index (χ1v) is 7.43. The van der Waals surface area contributed by atoms with E-state index in [2.05, 4.69) is 5.32 Å². The van der Waals surface area contributed by atoms with E-state index in [4.69, 9.17) is 14.2 Å². The second kappa shape index (κ2) is 7.27. The van der Waals surface area contributed by atoms with Gasteiger partial charge in [-0.25, -0.2) is 4.79 Å². The van der Waals surface area contributed by atoms with Gasteiger partial charge in [0.05, 0.1) is 13.2 Å². The molecule has 1 saturated heterocycles. The summed E-state index contributed by atoms with van der Waals surface area (Å²) >= 11 is 0. The van der Waals surface area contributed by atoms with Crippen LogP contribution in [-0.2, 0) is 14.2 Å². The SMILES string of the molecule is CC(C)(C)OC(=O)NCCCCC1COC(C)(C)OC1. The molecule has 1 amide bonds. The van der Waals surface area contributed by atoms with E-state index in [1.807, 2.05) is 34.6 Å². The lowest BCUT2D eigenvalue weighted by Gasteiger charge is -2.35. The molecule has 20 heavy (non-hydrogen) atoms. The number of hydrogen-bond donors (Lipinski definition) is 1. The van der Waals surface area contributed by atoms with Gasteiger partial charge >= 0.3 is 6.09 Å². The largest absolute Gasteiger partial charge is 0.444 e. The zero-order valence-corrected chi connectivity index (χ0v) is 13.5. The van der Waals surface area contributed by atoms with Crippen LogP contribution in [0.25, 0.3) is 0 Å². The highest BCUT2D eigenvalue weighted by atomic mass is 16.7. The third-order valence-corrected chi connectivity index (χ3v) is 3.04. The highest BCUT2D eigenvalue weighted by Gasteiger charge is 2.27.